The Balaban J connectivity index is 2.12. The zero-order chi connectivity index (χ0) is 17.5. The lowest BCUT2D eigenvalue weighted by molar-refractivity contribution is -0.118. The minimum absolute atomic E-state index is 0.0362. The molecule has 0 fully saturated rings. The third kappa shape index (κ3) is 5.37. The van der Waals surface area contributed by atoms with Crippen molar-refractivity contribution in [1.29, 1.82) is 0 Å². The molecule has 0 atom stereocenters. The number of carbonyl (C=O) groups excluding carboxylic acids is 1. The van der Waals surface area contributed by atoms with E-state index in [1.54, 1.807) is 0 Å². The Morgan fingerprint density at radius 3 is 2.46 bits per heavy atom. The van der Waals surface area contributed by atoms with Crippen LogP contribution < -0.4 is 5.32 Å². The summed E-state index contributed by atoms with van der Waals surface area (Å²) < 4.78 is 2.11. The zero-order valence-corrected chi connectivity index (χ0v) is 15.6. The lowest BCUT2D eigenvalue weighted by Gasteiger charge is -2.12. The van der Waals surface area contributed by atoms with Gasteiger partial charge in [-0.2, -0.15) is 0 Å². The molecular formula is C18H26N4OS. The van der Waals surface area contributed by atoms with Crippen molar-refractivity contribution < 1.29 is 4.79 Å². The maximum Gasteiger partial charge on any atom is 0.230 e. The summed E-state index contributed by atoms with van der Waals surface area (Å²) >= 11 is 1.44. The number of nitrogens with zero attached hydrogens (tertiary/aromatic N) is 3. The van der Waals surface area contributed by atoms with Gasteiger partial charge in [0.2, 0.25) is 5.91 Å². The van der Waals surface area contributed by atoms with Gasteiger partial charge in [0.15, 0.2) is 11.0 Å². The van der Waals surface area contributed by atoms with Crippen LogP contribution in [0.3, 0.4) is 0 Å². The SMILES string of the molecule is CC(C)CNC(=O)CSc1nnc(-c2ccccc2)n1CC(C)C. The Labute approximate surface area is 148 Å². The zero-order valence-electron chi connectivity index (χ0n) is 14.8. The fourth-order valence-corrected chi connectivity index (χ4v) is 3.00. The average molecular weight is 347 g/mol. The van der Waals surface area contributed by atoms with Gasteiger partial charge in [0.25, 0.3) is 0 Å². The lowest BCUT2D eigenvalue weighted by atomic mass is 10.2. The molecule has 130 valence electrons. The molecule has 5 nitrogen and oxygen atoms in total. The molecule has 0 spiro atoms. The minimum Gasteiger partial charge on any atom is -0.355 e. The first-order valence-corrected chi connectivity index (χ1v) is 9.34. The molecule has 1 N–H and O–H groups in total. The Bertz CT molecular complexity index is 652. The molecule has 24 heavy (non-hydrogen) atoms. The van der Waals surface area contributed by atoms with Crippen LogP contribution in [0.5, 0.6) is 0 Å². The van der Waals surface area contributed by atoms with Crippen LogP contribution in [-0.4, -0.2) is 33.0 Å². The van der Waals surface area contributed by atoms with Gasteiger partial charge < -0.3 is 9.88 Å². The highest BCUT2D eigenvalue weighted by molar-refractivity contribution is 7.99. The number of carbonyl (C=O) groups is 1. The van der Waals surface area contributed by atoms with Crippen molar-refractivity contribution in [3.05, 3.63) is 30.3 Å². The van der Waals surface area contributed by atoms with Crippen LogP contribution in [0.2, 0.25) is 0 Å². The molecule has 0 aliphatic heterocycles. The summed E-state index contributed by atoms with van der Waals surface area (Å²) in [7, 11) is 0. The van der Waals surface area contributed by atoms with E-state index >= 15 is 0 Å². The summed E-state index contributed by atoms with van der Waals surface area (Å²) in [6, 6.07) is 10.0. The molecule has 6 heteroatoms. The maximum absolute atomic E-state index is 11.9. The van der Waals surface area contributed by atoms with Crippen molar-refractivity contribution in [2.75, 3.05) is 12.3 Å². The van der Waals surface area contributed by atoms with E-state index in [9.17, 15) is 4.79 Å². The van der Waals surface area contributed by atoms with E-state index in [2.05, 4.69) is 47.8 Å². The number of rotatable bonds is 8. The van der Waals surface area contributed by atoms with E-state index < -0.39 is 0 Å². The summed E-state index contributed by atoms with van der Waals surface area (Å²) in [5, 5.41) is 12.4. The standard InChI is InChI=1S/C18H26N4OS/c1-13(2)10-19-16(23)12-24-18-21-20-17(22(18)11-14(3)4)15-8-6-5-7-9-15/h5-9,13-14H,10-12H2,1-4H3,(H,19,23). The molecule has 0 aliphatic carbocycles. The summed E-state index contributed by atoms with van der Waals surface area (Å²) in [6.07, 6.45) is 0. The topological polar surface area (TPSA) is 59.8 Å². The van der Waals surface area contributed by atoms with Gasteiger partial charge in [-0.3, -0.25) is 4.79 Å². The van der Waals surface area contributed by atoms with Crippen LogP contribution in [0.1, 0.15) is 27.7 Å². The highest BCUT2D eigenvalue weighted by Gasteiger charge is 2.16. The highest BCUT2D eigenvalue weighted by Crippen LogP contribution is 2.24. The van der Waals surface area contributed by atoms with Gasteiger partial charge in [-0.05, 0) is 11.8 Å². The number of nitrogens with one attached hydrogen (secondary N) is 1. The van der Waals surface area contributed by atoms with Crippen LogP contribution in [0, 0.1) is 11.8 Å². The monoisotopic (exact) mass is 346 g/mol. The summed E-state index contributed by atoms with van der Waals surface area (Å²) in [6.45, 7) is 10.0. The quantitative estimate of drug-likeness (QED) is 0.744. The predicted molar refractivity (Wildman–Crippen MR) is 98.9 cm³/mol. The Morgan fingerprint density at radius 2 is 1.83 bits per heavy atom. The molecule has 0 bridgehead atoms. The van der Waals surface area contributed by atoms with Crippen molar-refractivity contribution in [3.63, 3.8) is 0 Å². The Morgan fingerprint density at radius 1 is 1.12 bits per heavy atom. The van der Waals surface area contributed by atoms with E-state index in [-0.39, 0.29) is 5.91 Å². The van der Waals surface area contributed by atoms with Gasteiger partial charge in [-0.25, -0.2) is 0 Å². The van der Waals surface area contributed by atoms with Crippen LogP contribution in [0.4, 0.5) is 0 Å². The second kappa shape index (κ2) is 8.87. The van der Waals surface area contributed by atoms with E-state index in [1.807, 2.05) is 30.3 Å². The molecule has 1 amide bonds. The first-order valence-electron chi connectivity index (χ1n) is 8.35. The van der Waals surface area contributed by atoms with Crippen molar-refractivity contribution in [2.24, 2.45) is 11.8 Å². The predicted octanol–water partition coefficient (Wildman–Crippen LogP) is 3.47. The largest absolute Gasteiger partial charge is 0.355 e. The number of hydrogen-bond acceptors (Lipinski definition) is 4. The highest BCUT2D eigenvalue weighted by atomic mass is 32.2. The molecule has 0 saturated heterocycles. The van der Waals surface area contributed by atoms with Crippen LogP contribution >= 0.6 is 11.8 Å². The fourth-order valence-electron chi connectivity index (χ4n) is 2.23. The molecule has 0 unspecified atom stereocenters. The molecule has 1 heterocycles. The number of amides is 1. The molecule has 0 radical (unpaired) electrons. The summed E-state index contributed by atoms with van der Waals surface area (Å²) in [5.74, 6) is 2.17. The summed E-state index contributed by atoms with van der Waals surface area (Å²) in [5.41, 5.74) is 1.04. The molecule has 2 rings (SSSR count). The van der Waals surface area contributed by atoms with Crippen molar-refractivity contribution in [2.45, 2.75) is 39.4 Å². The van der Waals surface area contributed by atoms with Crippen molar-refractivity contribution >= 4 is 17.7 Å². The van der Waals surface area contributed by atoms with Crippen molar-refractivity contribution in [1.82, 2.24) is 20.1 Å². The molecule has 0 aliphatic rings. The second-order valence-electron chi connectivity index (χ2n) is 6.66. The molecule has 1 aromatic carbocycles. The molecular weight excluding hydrogens is 320 g/mol. The van der Waals surface area contributed by atoms with Gasteiger partial charge in [0, 0.05) is 18.7 Å². The van der Waals surface area contributed by atoms with Gasteiger partial charge in [-0.15, -0.1) is 10.2 Å². The van der Waals surface area contributed by atoms with Gasteiger partial charge >= 0.3 is 0 Å². The smallest absolute Gasteiger partial charge is 0.230 e. The average Bonchev–Trinajstić information content (AvgIpc) is 2.93. The van der Waals surface area contributed by atoms with E-state index in [1.165, 1.54) is 11.8 Å². The van der Waals surface area contributed by atoms with E-state index in [4.69, 9.17) is 0 Å². The fraction of sp³-hybridized carbons (Fsp3) is 0.500. The van der Waals surface area contributed by atoms with E-state index in [0.29, 0.717) is 24.1 Å². The normalized spacial score (nSPS) is 11.2. The Kier molecular flexibility index (Phi) is 6.85. The Hall–Kier alpha value is -1.82. The van der Waals surface area contributed by atoms with Gasteiger partial charge in [0.1, 0.15) is 0 Å². The third-order valence-corrected chi connectivity index (χ3v) is 4.30. The number of aromatic nitrogens is 3. The second-order valence-corrected chi connectivity index (χ2v) is 7.61. The van der Waals surface area contributed by atoms with Crippen molar-refractivity contribution in [3.8, 4) is 11.4 Å². The number of benzene rings is 1. The first kappa shape index (κ1) is 18.5. The number of thioether (sulfide) groups is 1. The van der Waals surface area contributed by atoms with E-state index in [0.717, 1.165) is 23.1 Å². The van der Waals surface area contributed by atoms with Crippen LogP contribution in [0.15, 0.2) is 35.5 Å². The molecule has 2 aromatic rings. The third-order valence-electron chi connectivity index (χ3n) is 3.34. The lowest BCUT2D eigenvalue weighted by Crippen LogP contribution is -2.28. The summed E-state index contributed by atoms with van der Waals surface area (Å²) in [4.78, 5) is 11.9. The molecule has 0 saturated carbocycles. The number of hydrogen-bond donors (Lipinski definition) is 1. The maximum atomic E-state index is 11.9. The van der Waals surface area contributed by atoms with Crippen LogP contribution in [0.25, 0.3) is 11.4 Å². The minimum atomic E-state index is 0.0362. The van der Waals surface area contributed by atoms with Gasteiger partial charge in [-0.1, -0.05) is 69.8 Å². The van der Waals surface area contributed by atoms with Crippen LogP contribution in [-0.2, 0) is 11.3 Å². The van der Waals surface area contributed by atoms with Gasteiger partial charge in [0.05, 0.1) is 5.75 Å². The molecule has 1 aromatic heterocycles. The first-order chi connectivity index (χ1) is 11.5.